The standard InChI is InChI=1S/C10H16N4O/c1-11-8-5-15-4-7(8)10-12-9(13-14-10)6-2-3-6/h6-8,11H,2-5H2,1H3,(H,12,13,14). The number of nitrogens with one attached hydrogen (secondary N) is 2. The van der Waals surface area contributed by atoms with Gasteiger partial charge in [0.2, 0.25) is 0 Å². The summed E-state index contributed by atoms with van der Waals surface area (Å²) in [6.45, 7) is 1.51. The Morgan fingerprint density at radius 3 is 3.00 bits per heavy atom. The van der Waals surface area contributed by atoms with Gasteiger partial charge in [0.05, 0.1) is 19.1 Å². The Kier molecular flexibility index (Phi) is 2.21. The lowest BCUT2D eigenvalue weighted by molar-refractivity contribution is 0.188. The minimum Gasteiger partial charge on any atom is -0.379 e. The predicted octanol–water partition coefficient (Wildman–Crippen LogP) is 0.384. The molecule has 1 aliphatic carbocycles. The quantitative estimate of drug-likeness (QED) is 0.754. The van der Waals surface area contributed by atoms with Crippen molar-refractivity contribution in [2.45, 2.75) is 30.7 Å². The number of aromatic nitrogens is 3. The van der Waals surface area contributed by atoms with Crippen molar-refractivity contribution >= 4 is 0 Å². The smallest absolute Gasteiger partial charge is 0.153 e. The third-order valence-corrected chi connectivity index (χ3v) is 3.27. The van der Waals surface area contributed by atoms with Gasteiger partial charge in [-0.25, -0.2) is 4.98 Å². The van der Waals surface area contributed by atoms with Crippen LogP contribution >= 0.6 is 0 Å². The molecule has 3 rings (SSSR count). The Hall–Kier alpha value is -0.940. The number of aromatic amines is 1. The van der Waals surface area contributed by atoms with Crippen molar-refractivity contribution in [1.82, 2.24) is 20.5 Å². The van der Waals surface area contributed by atoms with Crippen molar-refractivity contribution in [2.75, 3.05) is 20.3 Å². The second kappa shape index (κ2) is 3.57. The van der Waals surface area contributed by atoms with Crippen LogP contribution in [0.1, 0.15) is 36.3 Å². The van der Waals surface area contributed by atoms with E-state index < -0.39 is 0 Å². The molecule has 1 aromatic rings. The zero-order valence-corrected chi connectivity index (χ0v) is 8.86. The summed E-state index contributed by atoms with van der Waals surface area (Å²) in [7, 11) is 1.96. The summed E-state index contributed by atoms with van der Waals surface area (Å²) < 4.78 is 5.45. The van der Waals surface area contributed by atoms with Crippen LogP contribution in [0.3, 0.4) is 0 Å². The van der Waals surface area contributed by atoms with Gasteiger partial charge in [-0.2, -0.15) is 5.10 Å². The molecule has 2 heterocycles. The van der Waals surface area contributed by atoms with E-state index in [1.54, 1.807) is 0 Å². The van der Waals surface area contributed by atoms with Gasteiger partial charge in [0, 0.05) is 12.0 Å². The van der Waals surface area contributed by atoms with E-state index in [1.807, 2.05) is 7.05 Å². The van der Waals surface area contributed by atoms with Crippen LogP contribution in [-0.2, 0) is 4.74 Å². The van der Waals surface area contributed by atoms with Crippen LogP contribution in [-0.4, -0.2) is 41.5 Å². The van der Waals surface area contributed by atoms with Crippen LogP contribution in [0, 0.1) is 0 Å². The molecular formula is C10H16N4O. The fraction of sp³-hybridized carbons (Fsp3) is 0.800. The lowest BCUT2D eigenvalue weighted by Crippen LogP contribution is -2.31. The average molecular weight is 208 g/mol. The lowest BCUT2D eigenvalue weighted by Gasteiger charge is -2.13. The third-order valence-electron chi connectivity index (χ3n) is 3.27. The molecule has 0 aromatic carbocycles. The first kappa shape index (κ1) is 9.30. The number of ether oxygens (including phenoxy) is 1. The Morgan fingerprint density at radius 1 is 1.40 bits per heavy atom. The van der Waals surface area contributed by atoms with Crippen molar-refractivity contribution < 1.29 is 4.74 Å². The molecule has 2 atom stereocenters. The number of hydrogen-bond donors (Lipinski definition) is 2. The summed E-state index contributed by atoms with van der Waals surface area (Å²) >= 11 is 0. The van der Waals surface area contributed by atoms with Crippen LogP contribution in [0.5, 0.6) is 0 Å². The van der Waals surface area contributed by atoms with Crippen LogP contribution in [0.15, 0.2) is 0 Å². The Bertz CT molecular complexity index is 347. The monoisotopic (exact) mass is 208 g/mol. The van der Waals surface area contributed by atoms with Gasteiger partial charge in [-0.15, -0.1) is 0 Å². The van der Waals surface area contributed by atoms with Gasteiger partial charge in [0.15, 0.2) is 5.82 Å². The normalized spacial score (nSPS) is 31.0. The van der Waals surface area contributed by atoms with E-state index in [4.69, 9.17) is 4.74 Å². The fourth-order valence-corrected chi connectivity index (χ4v) is 2.09. The van der Waals surface area contributed by atoms with Crippen molar-refractivity contribution in [2.24, 2.45) is 0 Å². The van der Waals surface area contributed by atoms with Crippen LogP contribution in [0.2, 0.25) is 0 Å². The zero-order chi connectivity index (χ0) is 10.3. The van der Waals surface area contributed by atoms with E-state index in [1.165, 1.54) is 12.8 Å². The average Bonchev–Trinajstić information content (AvgIpc) is 2.83. The highest BCUT2D eigenvalue weighted by Crippen LogP contribution is 2.38. The summed E-state index contributed by atoms with van der Waals surface area (Å²) in [6, 6.07) is 0.366. The molecule has 0 bridgehead atoms. The van der Waals surface area contributed by atoms with Crippen molar-refractivity contribution in [3.05, 3.63) is 11.6 Å². The molecule has 2 aliphatic rings. The summed E-state index contributed by atoms with van der Waals surface area (Å²) in [5.74, 6) is 2.92. The Morgan fingerprint density at radius 2 is 2.27 bits per heavy atom. The second-order valence-electron chi connectivity index (χ2n) is 4.39. The van der Waals surface area contributed by atoms with Crippen LogP contribution in [0.25, 0.3) is 0 Å². The van der Waals surface area contributed by atoms with Gasteiger partial charge in [-0.05, 0) is 19.9 Å². The predicted molar refractivity (Wildman–Crippen MR) is 54.8 cm³/mol. The minimum atomic E-state index is 0.329. The van der Waals surface area contributed by atoms with Gasteiger partial charge < -0.3 is 10.1 Å². The molecule has 0 amide bonds. The molecule has 0 spiro atoms. The summed E-state index contributed by atoms with van der Waals surface area (Å²) in [6.07, 6.45) is 2.49. The van der Waals surface area contributed by atoms with E-state index in [-0.39, 0.29) is 0 Å². The molecular weight excluding hydrogens is 192 g/mol. The molecule has 5 nitrogen and oxygen atoms in total. The molecule has 2 fully saturated rings. The second-order valence-corrected chi connectivity index (χ2v) is 4.39. The van der Waals surface area contributed by atoms with Gasteiger partial charge in [-0.1, -0.05) is 0 Å². The largest absolute Gasteiger partial charge is 0.379 e. The molecule has 15 heavy (non-hydrogen) atoms. The number of likely N-dealkylation sites (N-methyl/N-ethyl adjacent to an activating group) is 1. The molecule has 2 unspecified atom stereocenters. The molecule has 82 valence electrons. The van der Waals surface area contributed by atoms with Crippen molar-refractivity contribution in [3.8, 4) is 0 Å². The van der Waals surface area contributed by atoms with Crippen molar-refractivity contribution in [1.29, 1.82) is 0 Å². The van der Waals surface area contributed by atoms with Gasteiger partial charge in [0.25, 0.3) is 0 Å². The summed E-state index contributed by atoms with van der Waals surface area (Å²) in [5.41, 5.74) is 0. The van der Waals surface area contributed by atoms with E-state index in [0.717, 1.165) is 24.9 Å². The first-order valence-electron chi connectivity index (χ1n) is 5.55. The fourth-order valence-electron chi connectivity index (χ4n) is 2.09. The first-order valence-corrected chi connectivity index (χ1v) is 5.55. The number of hydrogen-bond acceptors (Lipinski definition) is 4. The maximum Gasteiger partial charge on any atom is 0.153 e. The molecule has 2 N–H and O–H groups in total. The van der Waals surface area contributed by atoms with Gasteiger partial charge in [0.1, 0.15) is 5.82 Å². The van der Waals surface area contributed by atoms with E-state index >= 15 is 0 Å². The highest BCUT2D eigenvalue weighted by molar-refractivity contribution is 5.10. The molecule has 1 saturated heterocycles. The SMILES string of the molecule is CNC1COCC1c1nc(C2CC2)n[nH]1. The van der Waals surface area contributed by atoms with Gasteiger partial charge >= 0.3 is 0 Å². The van der Waals surface area contributed by atoms with E-state index in [0.29, 0.717) is 17.9 Å². The molecule has 1 aliphatic heterocycles. The molecule has 0 radical (unpaired) electrons. The molecule has 1 saturated carbocycles. The third kappa shape index (κ3) is 1.66. The number of H-pyrrole nitrogens is 1. The zero-order valence-electron chi connectivity index (χ0n) is 8.86. The highest BCUT2D eigenvalue weighted by Gasteiger charge is 2.33. The summed E-state index contributed by atoms with van der Waals surface area (Å²) in [4.78, 5) is 4.57. The molecule has 5 heteroatoms. The Labute approximate surface area is 88.6 Å². The maximum absolute atomic E-state index is 5.45. The lowest BCUT2D eigenvalue weighted by atomic mass is 10.0. The van der Waals surface area contributed by atoms with Crippen LogP contribution < -0.4 is 5.32 Å². The minimum absolute atomic E-state index is 0.329. The number of rotatable bonds is 3. The maximum atomic E-state index is 5.45. The van der Waals surface area contributed by atoms with E-state index in [2.05, 4.69) is 20.5 Å². The topological polar surface area (TPSA) is 62.8 Å². The first-order chi connectivity index (χ1) is 7.38. The Balaban J connectivity index is 1.78. The van der Waals surface area contributed by atoms with E-state index in [9.17, 15) is 0 Å². The summed E-state index contributed by atoms with van der Waals surface area (Å²) in [5, 5.41) is 10.6. The molecule has 1 aromatic heterocycles. The van der Waals surface area contributed by atoms with Crippen LogP contribution in [0.4, 0.5) is 0 Å². The highest BCUT2D eigenvalue weighted by atomic mass is 16.5. The number of nitrogens with zero attached hydrogens (tertiary/aromatic N) is 2. The van der Waals surface area contributed by atoms with Crippen molar-refractivity contribution in [3.63, 3.8) is 0 Å². The van der Waals surface area contributed by atoms with Gasteiger partial charge in [-0.3, -0.25) is 5.10 Å².